The minimum Gasteiger partial charge on any atom is -0.504 e. The van der Waals surface area contributed by atoms with Gasteiger partial charge in [0.2, 0.25) is 0 Å². The largest absolute Gasteiger partial charge is 0.504 e. The van der Waals surface area contributed by atoms with Crippen LogP contribution >= 0.6 is 0 Å². The fraction of sp³-hybridized carbons (Fsp3) is 0.286. The maximum absolute atomic E-state index is 13.1. The molecule has 1 unspecified atom stereocenters. The third kappa shape index (κ3) is 2.26. The van der Waals surface area contributed by atoms with E-state index in [1.165, 1.54) is 13.2 Å². The Morgan fingerprint density at radius 3 is 2.79 bits per heavy atom. The highest BCUT2D eigenvalue weighted by atomic mass is 16.6. The summed E-state index contributed by atoms with van der Waals surface area (Å²) in [5, 5.41) is 21.7. The molecule has 0 fully saturated rings. The first-order valence-corrected chi connectivity index (χ1v) is 9.25. The number of aromatic nitrogens is 2. The summed E-state index contributed by atoms with van der Waals surface area (Å²) in [7, 11) is 1.47. The van der Waals surface area contributed by atoms with Crippen molar-refractivity contribution < 1.29 is 24.5 Å². The van der Waals surface area contributed by atoms with Gasteiger partial charge in [-0.1, -0.05) is 6.92 Å². The van der Waals surface area contributed by atoms with Crippen LogP contribution in [0.3, 0.4) is 0 Å². The SMILES string of the molecule is CCC1(O)C(=O)OCc2c1cc1n(c2=O)Cc2cc3cc(OC)c(O)cc3nc2-1. The first-order chi connectivity index (χ1) is 13.9. The number of rotatable bonds is 2. The molecular formula is C21H18N2O6. The molecule has 3 aromatic rings. The van der Waals surface area contributed by atoms with E-state index in [-0.39, 0.29) is 35.5 Å². The minimum atomic E-state index is -1.85. The van der Waals surface area contributed by atoms with Gasteiger partial charge in [-0.15, -0.1) is 0 Å². The van der Waals surface area contributed by atoms with Crippen LogP contribution in [-0.2, 0) is 28.3 Å². The summed E-state index contributed by atoms with van der Waals surface area (Å²) in [6.07, 6.45) is 0.0907. The molecular weight excluding hydrogens is 376 g/mol. The summed E-state index contributed by atoms with van der Waals surface area (Å²) in [6.45, 7) is 1.82. The summed E-state index contributed by atoms with van der Waals surface area (Å²) in [5.41, 5.74) is 0.895. The first kappa shape index (κ1) is 17.7. The Labute approximate surface area is 165 Å². The highest BCUT2D eigenvalue weighted by Gasteiger charge is 2.45. The molecule has 2 aliphatic heterocycles. The van der Waals surface area contributed by atoms with Gasteiger partial charge < -0.3 is 24.3 Å². The zero-order valence-electron chi connectivity index (χ0n) is 15.9. The lowest BCUT2D eigenvalue weighted by Crippen LogP contribution is -2.44. The van der Waals surface area contributed by atoms with Crippen LogP contribution in [0, 0.1) is 0 Å². The number of cyclic esters (lactones) is 1. The van der Waals surface area contributed by atoms with E-state index in [0.717, 1.165) is 10.9 Å². The molecule has 0 saturated heterocycles. The number of esters is 1. The fourth-order valence-corrected chi connectivity index (χ4v) is 4.16. The van der Waals surface area contributed by atoms with E-state index in [9.17, 15) is 19.8 Å². The molecule has 2 N–H and O–H groups in total. The fourth-order valence-electron chi connectivity index (χ4n) is 4.16. The topological polar surface area (TPSA) is 111 Å². The number of phenolic OH excluding ortho intramolecular Hbond substituents is 1. The molecule has 29 heavy (non-hydrogen) atoms. The van der Waals surface area contributed by atoms with E-state index < -0.39 is 11.6 Å². The van der Waals surface area contributed by atoms with Crippen molar-refractivity contribution in [3.05, 3.63) is 51.3 Å². The van der Waals surface area contributed by atoms with Crippen LogP contribution in [0.4, 0.5) is 0 Å². The van der Waals surface area contributed by atoms with Crippen LogP contribution in [0.5, 0.6) is 11.5 Å². The van der Waals surface area contributed by atoms with Crippen molar-refractivity contribution in [2.75, 3.05) is 7.11 Å². The van der Waals surface area contributed by atoms with Gasteiger partial charge in [0.15, 0.2) is 17.1 Å². The number of fused-ring (bicyclic) bond motifs is 5. The van der Waals surface area contributed by atoms with Crippen molar-refractivity contribution in [2.45, 2.75) is 32.1 Å². The molecule has 0 spiro atoms. The van der Waals surface area contributed by atoms with Gasteiger partial charge in [-0.3, -0.25) is 4.79 Å². The Morgan fingerprint density at radius 2 is 2.07 bits per heavy atom. The summed E-state index contributed by atoms with van der Waals surface area (Å²) >= 11 is 0. The summed E-state index contributed by atoms with van der Waals surface area (Å²) < 4.78 is 11.8. The van der Waals surface area contributed by atoms with E-state index in [1.807, 2.05) is 6.07 Å². The molecule has 1 atom stereocenters. The van der Waals surface area contributed by atoms with Crippen molar-refractivity contribution in [1.29, 1.82) is 0 Å². The summed E-state index contributed by atoms with van der Waals surface area (Å²) in [6, 6.07) is 6.76. The third-order valence-corrected chi connectivity index (χ3v) is 5.81. The zero-order chi connectivity index (χ0) is 20.5. The Hall–Kier alpha value is -3.39. The molecule has 1 aromatic carbocycles. The lowest BCUT2D eigenvalue weighted by atomic mass is 9.86. The molecule has 2 aliphatic rings. The Balaban J connectivity index is 1.77. The van der Waals surface area contributed by atoms with Crippen LogP contribution in [0.25, 0.3) is 22.3 Å². The van der Waals surface area contributed by atoms with E-state index in [1.54, 1.807) is 23.6 Å². The predicted octanol–water partition coefficient (Wildman–Crippen LogP) is 1.79. The number of aromatic hydroxyl groups is 1. The van der Waals surface area contributed by atoms with Gasteiger partial charge in [-0.2, -0.15) is 0 Å². The van der Waals surface area contributed by atoms with E-state index in [4.69, 9.17) is 9.47 Å². The number of benzene rings is 1. The maximum atomic E-state index is 13.1. The van der Waals surface area contributed by atoms with Crippen LogP contribution < -0.4 is 10.3 Å². The van der Waals surface area contributed by atoms with Crippen LogP contribution in [0.1, 0.15) is 30.0 Å². The molecule has 0 radical (unpaired) electrons. The number of nitrogens with zero attached hydrogens (tertiary/aromatic N) is 2. The highest BCUT2D eigenvalue weighted by molar-refractivity contribution is 5.88. The molecule has 0 amide bonds. The molecule has 148 valence electrons. The second-order valence-electron chi connectivity index (χ2n) is 7.32. The standard InChI is InChI=1S/C21H18N2O6/c1-3-21(27)13-6-15-18-11(8-23(15)19(25)12(13)9-29-20(21)26)4-10-5-17(28-2)16(24)7-14(10)22-18/h4-7,24,27H,3,8-9H2,1-2H3. The Kier molecular flexibility index (Phi) is 3.54. The molecule has 8 heteroatoms. The number of phenols is 1. The van der Waals surface area contributed by atoms with Crippen LogP contribution in [-0.4, -0.2) is 32.8 Å². The Bertz CT molecular complexity index is 1280. The lowest BCUT2D eigenvalue weighted by Gasteiger charge is -2.31. The second kappa shape index (κ2) is 5.81. The number of carbonyl (C=O) groups is 1. The van der Waals surface area contributed by atoms with Crippen LogP contribution in [0.2, 0.25) is 0 Å². The number of pyridine rings is 2. The normalized spacial score (nSPS) is 19.5. The van der Waals surface area contributed by atoms with E-state index >= 15 is 0 Å². The van der Waals surface area contributed by atoms with Crippen molar-refractivity contribution in [3.8, 4) is 22.9 Å². The van der Waals surface area contributed by atoms with Gasteiger partial charge in [0, 0.05) is 22.6 Å². The quantitative estimate of drug-likeness (QED) is 0.499. The first-order valence-electron chi connectivity index (χ1n) is 9.25. The molecule has 0 aliphatic carbocycles. The molecule has 4 heterocycles. The van der Waals surface area contributed by atoms with Crippen molar-refractivity contribution in [1.82, 2.24) is 9.55 Å². The Morgan fingerprint density at radius 1 is 1.28 bits per heavy atom. The third-order valence-electron chi connectivity index (χ3n) is 5.81. The smallest absolute Gasteiger partial charge is 0.343 e. The number of hydrogen-bond acceptors (Lipinski definition) is 7. The number of hydrogen-bond donors (Lipinski definition) is 2. The molecule has 2 aromatic heterocycles. The van der Waals surface area contributed by atoms with Crippen molar-refractivity contribution in [2.24, 2.45) is 0 Å². The summed E-state index contributed by atoms with van der Waals surface area (Å²) in [4.78, 5) is 30.0. The highest BCUT2D eigenvalue weighted by Crippen LogP contribution is 2.39. The van der Waals surface area contributed by atoms with Crippen molar-refractivity contribution in [3.63, 3.8) is 0 Å². The second-order valence-corrected chi connectivity index (χ2v) is 7.32. The number of aliphatic hydroxyl groups is 1. The predicted molar refractivity (Wildman–Crippen MR) is 103 cm³/mol. The van der Waals surface area contributed by atoms with Crippen LogP contribution in [0.15, 0.2) is 29.1 Å². The number of carbonyl (C=O) groups excluding carboxylic acids is 1. The average Bonchev–Trinajstić information content (AvgIpc) is 3.07. The van der Waals surface area contributed by atoms with Gasteiger partial charge in [0.1, 0.15) is 6.61 Å². The minimum absolute atomic E-state index is 0.0311. The van der Waals surface area contributed by atoms with Crippen molar-refractivity contribution >= 4 is 16.9 Å². The van der Waals surface area contributed by atoms with Gasteiger partial charge >= 0.3 is 5.97 Å². The van der Waals surface area contributed by atoms with Gasteiger partial charge in [0.05, 0.1) is 36.1 Å². The zero-order valence-corrected chi connectivity index (χ0v) is 15.9. The van der Waals surface area contributed by atoms with E-state index in [0.29, 0.717) is 29.2 Å². The average molecular weight is 394 g/mol. The van der Waals surface area contributed by atoms with Gasteiger partial charge in [0.25, 0.3) is 5.56 Å². The molecule has 5 rings (SSSR count). The number of methoxy groups -OCH3 is 1. The van der Waals surface area contributed by atoms with Gasteiger partial charge in [-0.25, -0.2) is 9.78 Å². The molecule has 0 bridgehead atoms. The number of ether oxygens (including phenoxy) is 2. The monoisotopic (exact) mass is 394 g/mol. The maximum Gasteiger partial charge on any atom is 0.343 e. The molecule has 0 saturated carbocycles. The van der Waals surface area contributed by atoms with Gasteiger partial charge in [-0.05, 0) is 24.6 Å². The summed E-state index contributed by atoms with van der Waals surface area (Å²) in [5.74, 6) is -0.444. The van der Waals surface area contributed by atoms with E-state index in [2.05, 4.69) is 4.98 Å². The lowest BCUT2D eigenvalue weighted by molar-refractivity contribution is -0.172. The molecule has 8 nitrogen and oxygen atoms in total.